The van der Waals surface area contributed by atoms with Crippen molar-refractivity contribution in [3.63, 3.8) is 0 Å². The zero-order valence-electron chi connectivity index (χ0n) is 11.5. The highest BCUT2D eigenvalue weighted by atomic mass is 35.5. The van der Waals surface area contributed by atoms with Crippen LogP contribution in [0.3, 0.4) is 0 Å². The highest BCUT2D eigenvalue weighted by molar-refractivity contribution is 6.32. The lowest BCUT2D eigenvalue weighted by Gasteiger charge is -2.20. The van der Waals surface area contributed by atoms with E-state index in [9.17, 15) is 0 Å². The summed E-state index contributed by atoms with van der Waals surface area (Å²) in [5.41, 5.74) is 1.14. The summed E-state index contributed by atoms with van der Waals surface area (Å²) < 4.78 is 10.6. The van der Waals surface area contributed by atoms with Crippen molar-refractivity contribution in [2.75, 3.05) is 20.8 Å². The van der Waals surface area contributed by atoms with Gasteiger partial charge in [-0.2, -0.15) is 0 Å². The molecule has 0 amide bonds. The van der Waals surface area contributed by atoms with Gasteiger partial charge in [-0.1, -0.05) is 31.9 Å². The Hall–Kier alpha value is -0.930. The van der Waals surface area contributed by atoms with Gasteiger partial charge in [0, 0.05) is 6.04 Å². The minimum atomic E-state index is 0.303. The normalized spacial score (nSPS) is 12.3. The van der Waals surface area contributed by atoms with Crippen molar-refractivity contribution < 1.29 is 9.47 Å². The molecule has 1 N–H and O–H groups in total. The fourth-order valence-electron chi connectivity index (χ4n) is 2.06. The number of hydrogen-bond acceptors (Lipinski definition) is 3. The fraction of sp³-hybridized carbons (Fsp3) is 0.571. The second kappa shape index (κ2) is 7.49. The van der Waals surface area contributed by atoms with E-state index in [-0.39, 0.29) is 0 Å². The summed E-state index contributed by atoms with van der Waals surface area (Å²) in [6.07, 6.45) is 2.18. The molecule has 0 heterocycles. The van der Waals surface area contributed by atoms with Gasteiger partial charge in [-0.15, -0.1) is 0 Å². The summed E-state index contributed by atoms with van der Waals surface area (Å²) in [7, 11) is 3.22. The van der Waals surface area contributed by atoms with E-state index in [2.05, 4.69) is 19.2 Å². The first-order chi connectivity index (χ1) is 8.67. The zero-order valence-corrected chi connectivity index (χ0v) is 12.3. The minimum absolute atomic E-state index is 0.303. The van der Waals surface area contributed by atoms with E-state index in [1.165, 1.54) is 0 Å². The third-order valence-electron chi connectivity index (χ3n) is 2.89. The molecule has 0 spiro atoms. The summed E-state index contributed by atoms with van der Waals surface area (Å²) >= 11 is 6.23. The van der Waals surface area contributed by atoms with Crippen molar-refractivity contribution in [3.05, 3.63) is 22.7 Å². The highest BCUT2D eigenvalue weighted by Gasteiger charge is 2.16. The summed E-state index contributed by atoms with van der Waals surface area (Å²) in [6.45, 7) is 5.20. The topological polar surface area (TPSA) is 30.5 Å². The maximum atomic E-state index is 6.23. The van der Waals surface area contributed by atoms with E-state index in [0.29, 0.717) is 22.6 Å². The van der Waals surface area contributed by atoms with Gasteiger partial charge in [0.15, 0.2) is 11.5 Å². The number of hydrogen-bond donors (Lipinski definition) is 1. The predicted octanol–water partition coefficient (Wildman–Crippen LogP) is 3.81. The predicted molar refractivity (Wildman–Crippen MR) is 75.9 cm³/mol. The van der Waals surface area contributed by atoms with Gasteiger partial charge in [-0.05, 0) is 30.7 Å². The van der Waals surface area contributed by atoms with Crippen molar-refractivity contribution in [2.24, 2.45) is 0 Å². The molecule has 3 nitrogen and oxygen atoms in total. The van der Waals surface area contributed by atoms with E-state index >= 15 is 0 Å². The van der Waals surface area contributed by atoms with E-state index < -0.39 is 0 Å². The molecule has 0 saturated heterocycles. The number of rotatable bonds is 7. The largest absolute Gasteiger partial charge is 0.493 e. The quantitative estimate of drug-likeness (QED) is 0.818. The lowest BCUT2D eigenvalue weighted by Crippen LogP contribution is -2.20. The standard InChI is InChI=1S/C14H22ClNO2/c1-5-7-12(16-6-2)10-8-11(15)14(18-4)13(9-10)17-3/h8-9,12,16H,5-7H2,1-4H3. The van der Waals surface area contributed by atoms with Crippen molar-refractivity contribution in [1.29, 1.82) is 0 Å². The molecule has 18 heavy (non-hydrogen) atoms. The molecule has 102 valence electrons. The van der Waals surface area contributed by atoms with Crippen LogP contribution in [0.25, 0.3) is 0 Å². The van der Waals surface area contributed by atoms with Crippen LogP contribution in [0.5, 0.6) is 11.5 Å². The summed E-state index contributed by atoms with van der Waals surface area (Å²) in [6, 6.07) is 4.25. The molecule has 0 aromatic heterocycles. The molecule has 1 atom stereocenters. The molecule has 0 fully saturated rings. The lowest BCUT2D eigenvalue weighted by atomic mass is 10.0. The summed E-state index contributed by atoms with van der Waals surface area (Å²) in [5, 5.41) is 4.05. The monoisotopic (exact) mass is 271 g/mol. The molecule has 0 saturated carbocycles. The van der Waals surface area contributed by atoms with Crippen LogP contribution < -0.4 is 14.8 Å². The molecule has 4 heteroatoms. The average Bonchev–Trinajstić information content (AvgIpc) is 2.37. The van der Waals surface area contributed by atoms with Gasteiger partial charge in [-0.25, -0.2) is 0 Å². The van der Waals surface area contributed by atoms with Crippen LogP contribution in [-0.4, -0.2) is 20.8 Å². The Bertz CT molecular complexity index is 376. The number of halogens is 1. The molecular formula is C14H22ClNO2. The van der Waals surface area contributed by atoms with Crippen LogP contribution in [0.1, 0.15) is 38.3 Å². The first kappa shape index (κ1) is 15.1. The third kappa shape index (κ3) is 3.53. The van der Waals surface area contributed by atoms with E-state index in [4.69, 9.17) is 21.1 Å². The van der Waals surface area contributed by atoms with Gasteiger partial charge >= 0.3 is 0 Å². The fourth-order valence-corrected chi connectivity index (χ4v) is 2.36. The Kier molecular flexibility index (Phi) is 6.30. The third-order valence-corrected chi connectivity index (χ3v) is 3.17. The van der Waals surface area contributed by atoms with Gasteiger partial charge < -0.3 is 14.8 Å². The SMILES string of the molecule is CCCC(NCC)c1cc(Cl)c(OC)c(OC)c1. The second-order valence-corrected chi connectivity index (χ2v) is 4.54. The zero-order chi connectivity index (χ0) is 13.5. The molecule has 1 aromatic carbocycles. The Morgan fingerprint density at radius 3 is 2.44 bits per heavy atom. The van der Waals surface area contributed by atoms with E-state index in [1.807, 2.05) is 12.1 Å². The van der Waals surface area contributed by atoms with Crippen molar-refractivity contribution in [3.8, 4) is 11.5 Å². The smallest absolute Gasteiger partial charge is 0.179 e. The highest BCUT2D eigenvalue weighted by Crippen LogP contribution is 2.38. The van der Waals surface area contributed by atoms with Crippen molar-refractivity contribution in [2.45, 2.75) is 32.7 Å². The van der Waals surface area contributed by atoms with Crippen LogP contribution >= 0.6 is 11.6 Å². The Labute approximate surface area is 114 Å². The van der Waals surface area contributed by atoms with E-state index in [0.717, 1.165) is 24.9 Å². The minimum Gasteiger partial charge on any atom is -0.493 e. The van der Waals surface area contributed by atoms with Crippen molar-refractivity contribution >= 4 is 11.6 Å². The van der Waals surface area contributed by atoms with Gasteiger partial charge in [0.2, 0.25) is 0 Å². The molecule has 1 unspecified atom stereocenters. The maximum Gasteiger partial charge on any atom is 0.179 e. The number of benzene rings is 1. The molecular weight excluding hydrogens is 250 g/mol. The Morgan fingerprint density at radius 1 is 1.22 bits per heavy atom. The Balaban J connectivity index is 3.11. The molecule has 0 aliphatic heterocycles. The van der Waals surface area contributed by atoms with Gasteiger partial charge in [0.05, 0.1) is 19.2 Å². The van der Waals surface area contributed by atoms with Crippen LogP contribution in [0.15, 0.2) is 12.1 Å². The second-order valence-electron chi connectivity index (χ2n) is 4.14. The molecule has 1 aromatic rings. The molecule has 1 rings (SSSR count). The van der Waals surface area contributed by atoms with Crippen molar-refractivity contribution in [1.82, 2.24) is 5.32 Å². The number of ether oxygens (including phenoxy) is 2. The lowest BCUT2D eigenvalue weighted by molar-refractivity contribution is 0.353. The maximum absolute atomic E-state index is 6.23. The summed E-state index contributed by atoms with van der Waals surface area (Å²) in [5.74, 6) is 1.27. The first-order valence-corrected chi connectivity index (χ1v) is 6.70. The van der Waals surface area contributed by atoms with Gasteiger partial charge in [0.1, 0.15) is 0 Å². The van der Waals surface area contributed by atoms with Crippen LogP contribution in [-0.2, 0) is 0 Å². The van der Waals surface area contributed by atoms with Crippen LogP contribution in [0.4, 0.5) is 0 Å². The first-order valence-electron chi connectivity index (χ1n) is 6.32. The molecule has 0 bridgehead atoms. The Morgan fingerprint density at radius 2 is 1.94 bits per heavy atom. The van der Waals surface area contributed by atoms with E-state index in [1.54, 1.807) is 14.2 Å². The molecule has 0 aliphatic rings. The number of nitrogens with one attached hydrogen (secondary N) is 1. The van der Waals surface area contributed by atoms with Gasteiger partial charge in [-0.3, -0.25) is 0 Å². The van der Waals surface area contributed by atoms with Crippen LogP contribution in [0.2, 0.25) is 5.02 Å². The average molecular weight is 272 g/mol. The molecule has 0 radical (unpaired) electrons. The molecule has 0 aliphatic carbocycles. The van der Waals surface area contributed by atoms with Gasteiger partial charge in [0.25, 0.3) is 0 Å². The summed E-state index contributed by atoms with van der Waals surface area (Å²) in [4.78, 5) is 0. The van der Waals surface area contributed by atoms with Crippen LogP contribution in [0, 0.1) is 0 Å². The number of methoxy groups -OCH3 is 2.